The van der Waals surface area contributed by atoms with E-state index in [2.05, 4.69) is 6.92 Å². The van der Waals surface area contributed by atoms with Crippen LogP contribution in [0.5, 0.6) is 0 Å². The maximum absolute atomic E-state index is 12.0. The second-order valence-electron chi connectivity index (χ2n) is 5.32. The molecule has 0 saturated carbocycles. The molecule has 0 spiro atoms. The number of rotatable bonds is 10. The minimum Gasteiger partial charge on any atom is -0.477 e. The Morgan fingerprint density at radius 2 is 1.70 bits per heavy atom. The Bertz CT molecular complexity index is 449. The number of carboxylic acids is 1. The lowest BCUT2D eigenvalue weighted by molar-refractivity contribution is 0.0686. The number of aryl methyl sites for hydroxylation is 1. The lowest BCUT2D eigenvalue weighted by Crippen LogP contribution is -2.02. The molecular weight excluding hydrogens is 254 g/mol. The predicted molar refractivity (Wildman–Crippen MR) is 79.3 cm³/mol. The van der Waals surface area contributed by atoms with E-state index in [9.17, 15) is 9.59 Å². The Labute approximate surface area is 120 Å². The van der Waals surface area contributed by atoms with Crippen molar-refractivity contribution in [3.63, 3.8) is 0 Å². The van der Waals surface area contributed by atoms with Crippen molar-refractivity contribution in [3.8, 4) is 0 Å². The van der Waals surface area contributed by atoms with Gasteiger partial charge in [0.2, 0.25) is 0 Å². The minimum absolute atomic E-state index is 0.0432. The fourth-order valence-electron chi connectivity index (χ4n) is 2.32. The molecule has 1 N–H and O–H groups in total. The third-order valence-corrected chi connectivity index (χ3v) is 3.55. The Balaban J connectivity index is 2.29. The summed E-state index contributed by atoms with van der Waals surface area (Å²) >= 11 is 0. The second kappa shape index (κ2) is 8.56. The zero-order valence-corrected chi connectivity index (χ0v) is 12.5. The van der Waals surface area contributed by atoms with Gasteiger partial charge in [-0.1, -0.05) is 45.4 Å². The minimum atomic E-state index is -0.998. The second-order valence-corrected chi connectivity index (χ2v) is 5.32. The Morgan fingerprint density at radius 1 is 1.10 bits per heavy atom. The summed E-state index contributed by atoms with van der Waals surface area (Å²) in [6.07, 6.45) is 10.3. The van der Waals surface area contributed by atoms with Gasteiger partial charge >= 0.3 is 5.97 Å². The normalized spacial score (nSPS) is 10.7. The van der Waals surface area contributed by atoms with Crippen molar-refractivity contribution < 1.29 is 14.7 Å². The van der Waals surface area contributed by atoms with Gasteiger partial charge in [0, 0.05) is 25.2 Å². The van der Waals surface area contributed by atoms with Crippen LogP contribution in [0.4, 0.5) is 0 Å². The Kier molecular flexibility index (Phi) is 7.05. The molecule has 0 aromatic carbocycles. The summed E-state index contributed by atoms with van der Waals surface area (Å²) in [6, 6.07) is 1.46. The summed E-state index contributed by atoms with van der Waals surface area (Å²) in [4.78, 5) is 22.9. The molecule has 1 heterocycles. The average Bonchev–Trinajstić information content (AvgIpc) is 2.80. The summed E-state index contributed by atoms with van der Waals surface area (Å²) in [5.74, 6) is -0.955. The van der Waals surface area contributed by atoms with Gasteiger partial charge in [-0.25, -0.2) is 4.79 Å². The molecule has 0 atom stereocenters. The summed E-state index contributed by atoms with van der Waals surface area (Å²) in [7, 11) is 1.65. The van der Waals surface area contributed by atoms with E-state index in [0.717, 1.165) is 12.8 Å². The van der Waals surface area contributed by atoms with Crippen LogP contribution in [-0.4, -0.2) is 21.4 Å². The molecule has 0 fully saturated rings. The number of aromatic carboxylic acids is 1. The van der Waals surface area contributed by atoms with E-state index in [1.165, 1.54) is 42.7 Å². The number of carboxylic acid groups (broad SMARTS) is 1. The first-order valence-corrected chi connectivity index (χ1v) is 7.49. The van der Waals surface area contributed by atoms with Crippen molar-refractivity contribution in [1.29, 1.82) is 0 Å². The lowest BCUT2D eigenvalue weighted by atomic mass is 10.0. The van der Waals surface area contributed by atoms with E-state index in [1.54, 1.807) is 13.2 Å². The third-order valence-electron chi connectivity index (χ3n) is 3.55. The van der Waals surface area contributed by atoms with Crippen molar-refractivity contribution in [2.45, 2.75) is 58.3 Å². The Hall–Kier alpha value is -1.58. The van der Waals surface area contributed by atoms with E-state index in [1.807, 2.05) is 0 Å². The van der Waals surface area contributed by atoms with Gasteiger partial charge in [-0.3, -0.25) is 4.79 Å². The highest BCUT2D eigenvalue weighted by molar-refractivity contribution is 5.98. The zero-order valence-electron chi connectivity index (χ0n) is 12.5. The standard InChI is InChI=1S/C16H25NO3/c1-3-4-5-6-7-8-9-10-15(18)13-11-14(16(19)20)17(2)12-13/h11-12H,3-10H2,1-2H3,(H,19,20). The maximum atomic E-state index is 12.0. The van der Waals surface area contributed by atoms with Crippen molar-refractivity contribution >= 4 is 11.8 Å². The third kappa shape index (κ3) is 5.19. The molecule has 1 aromatic heterocycles. The number of ketones is 1. The molecule has 0 saturated heterocycles. The molecule has 1 rings (SSSR count). The number of carbonyl (C=O) groups excluding carboxylic acids is 1. The molecule has 0 unspecified atom stereocenters. The van der Waals surface area contributed by atoms with Crippen molar-refractivity contribution in [2.24, 2.45) is 7.05 Å². The quantitative estimate of drug-likeness (QED) is 0.519. The topological polar surface area (TPSA) is 59.3 Å². The van der Waals surface area contributed by atoms with Gasteiger partial charge in [-0.05, 0) is 12.5 Å². The van der Waals surface area contributed by atoms with Gasteiger partial charge in [-0.15, -0.1) is 0 Å². The highest BCUT2D eigenvalue weighted by Crippen LogP contribution is 2.13. The highest BCUT2D eigenvalue weighted by atomic mass is 16.4. The maximum Gasteiger partial charge on any atom is 0.352 e. The van der Waals surface area contributed by atoms with E-state index in [4.69, 9.17) is 5.11 Å². The van der Waals surface area contributed by atoms with Gasteiger partial charge < -0.3 is 9.67 Å². The van der Waals surface area contributed by atoms with E-state index in [0.29, 0.717) is 12.0 Å². The number of Topliss-reactive ketones (excluding diaryl/α,β-unsaturated/α-hetero) is 1. The highest BCUT2D eigenvalue weighted by Gasteiger charge is 2.14. The fraction of sp³-hybridized carbons (Fsp3) is 0.625. The number of carbonyl (C=O) groups is 2. The number of unbranched alkanes of at least 4 members (excludes halogenated alkanes) is 6. The fourth-order valence-corrected chi connectivity index (χ4v) is 2.32. The van der Waals surface area contributed by atoms with Gasteiger partial charge in [-0.2, -0.15) is 0 Å². The molecule has 0 aliphatic rings. The lowest BCUT2D eigenvalue weighted by Gasteiger charge is -2.00. The monoisotopic (exact) mass is 279 g/mol. The molecule has 0 amide bonds. The largest absolute Gasteiger partial charge is 0.477 e. The molecule has 0 bridgehead atoms. The molecule has 0 aliphatic heterocycles. The molecule has 20 heavy (non-hydrogen) atoms. The van der Waals surface area contributed by atoms with Crippen molar-refractivity contribution in [1.82, 2.24) is 4.57 Å². The van der Waals surface area contributed by atoms with Crippen LogP contribution >= 0.6 is 0 Å². The summed E-state index contributed by atoms with van der Waals surface area (Å²) < 4.78 is 1.49. The van der Waals surface area contributed by atoms with Gasteiger partial charge in [0.15, 0.2) is 5.78 Å². The summed E-state index contributed by atoms with van der Waals surface area (Å²) in [6.45, 7) is 2.20. The molecule has 0 aliphatic carbocycles. The molecule has 1 aromatic rings. The van der Waals surface area contributed by atoms with Crippen molar-refractivity contribution in [2.75, 3.05) is 0 Å². The number of nitrogens with zero attached hydrogens (tertiary/aromatic N) is 1. The van der Waals surface area contributed by atoms with E-state index in [-0.39, 0.29) is 11.5 Å². The van der Waals surface area contributed by atoms with E-state index < -0.39 is 5.97 Å². The predicted octanol–water partition coefficient (Wildman–Crippen LogP) is 4.05. The number of hydrogen-bond donors (Lipinski definition) is 1. The van der Waals surface area contributed by atoms with Crippen LogP contribution in [0.2, 0.25) is 0 Å². The molecule has 112 valence electrons. The van der Waals surface area contributed by atoms with Crippen LogP contribution in [0.1, 0.15) is 79.1 Å². The SMILES string of the molecule is CCCCCCCCCC(=O)c1cc(C(=O)O)n(C)c1. The van der Waals surface area contributed by atoms with Crippen LogP contribution < -0.4 is 0 Å². The zero-order chi connectivity index (χ0) is 15.0. The molecule has 4 heteroatoms. The first-order chi connectivity index (χ1) is 9.56. The van der Waals surface area contributed by atoms with Gasteiger partial charge in [0.1, 0.15) is 5.69 Å². The van der Waals surface area contributed by atoms with Crippen LogP contribution in [0.3, 0.4) is 0 Å². The van der Waals surface area contributed by atoms with Gasteiger partial charge in [0.05, 0.1) is 0 Å². The van der Waals surface area contributed by atoms with E-state index >= 15 is 0 Å². The van der Waals surface area contributed by atoms with Crippen LogP contribution in [0.25, 0.3) is 0 Å². The molecular formula is C16H25NO3. The summed E-state index contributed by atoms with van der Waals surface area (Å²) in [5, 5.41) is 8.95. The van der Waals surface area contributed by atoms with Crippen molar-refractivity contribution in [3.05, 3.63) is 23.5 Å². The van der Waals surface area contributed by atoms with Crippen LogP contribution in [0, 0.1) is 0 Å². The number of aromatic nitrogens is 1. The smallest absolute Gasteiger partial charge is 0.352 e. The van der Waals surface area contributed by atoms with Crippen LogP contribution in [-0.2, 0) is 7.05 Å². The Morgan fingerprint density at radius 3 is 2.25 bits per heavy atom. The number of hydrogen-bond acceptors (Lipinski definition) is 2. The first kappa shape index (κ1) is 16.5. The molecule has 4 nitrogen and oxygen atoms in total. The van der Waals surface area contributed by atoms with Crippen LogP contribution in [0.15, 0.2) is 12.3 Å². The molecule has 0 radical (unpaired) electrons. The summed E-state index contributed by atoms with van der Waals surface area (Å²) in [5.41, 5.74) is 0.670. The van der Waals surface area contributed by atoms with Gasteiger partial charge in [0.25, 0.3) is 0 Å². The average molecular weight is 279 g/mol. The first-order valence-electron chi connectivity index (χ1n) is 7.49.